The summed E-state index contributed by atoms with van der Waals surface area (Å²) in [7, 11) is 4.22. The number of benzene rings is 1. The Labute approximate surface area is 114 Å². The fraction of sp³-hybridized carbons (Fsp3) is 0.533. The third-order valence-electron chi connectivity index (χ3n) is 3.86. The van der Waals surface area contributed by atoms with Gasteiger partial charge in [0.2, 0.25) is 0 Å². The van der Waals surface area contributed by atoms with Crippen molar-refractivity contribution in [2.45, 2.75) is 25.4 Å². The predicted octanol–water partition coefficient (Wildman–Crippen LogP) is 2.22. The van der Waals surface area contributed by atoms with Crippen molar-refractivity contribution in [2.24, 2.45) is 0 Å². The summed E-state index contributed by atoms with van der Waals surface area (Å²) < 4.78 is 13.8. The highest BCUT2D eigenvalue weighted by Crippen LogP contribution is 2.18. The van der Waals surface area contributed by atoms with E-state index < -0.39 is 0 Å². The highest BCUT2D eigenvalue weighted by atomic mass is 19.1. The summed E-state index contributed by atoms with van der Waals surface area (Å²) in [6.07, 6.45) is 2.26. The minimum absolute atomic E-state index is 0.270. The zero-order valence-electron chi connectivity index (χ0n) is 11.6. The van der Waals surface area contributed by atoms with Crippen molar-refractivity contribution in [1.82, 2.24) is 9.80 Å². The Balaban J connectivity index is 1.94. The van der Waals surface area contributed by atoms with Crippen LogP contribution in [-0.2, 0) is 6.54 Å². The fourth-order valence-corrected chi connectivity index (χ4v) is 2.58. The first-order chi connectivity index (χ1) is 9.10. The van der Waals surface area contributed by atoms with E-state index in [-0.39, 0.29) is 5.82 Å². The summed E-state index contributed by atoms with van der Waals surface area (Å²) in [5.74, 6) is -0.270. The molecule has 0 spiro atoms. The van der Waals surface area contributed by atoms with Crippen LogP contribution in [0.4, 0.5) is 4.39 Å². The lowest BCUT2D eigenvalue weighted by Crippen LogP contribution is -2.41. The van der Waals surface area contributed by atoms with Crippen LogP contribution in [0.2, 0.25) is 0 Å². The van der Waals surface area contributed by atoms with Gasteiger partial charge >= 0.3 is 0 Å². The van der Waals surface area contributed by atoms with Gasteiger partial charge in [-0.05, 0) is 52.2 Å². The number of piperidine rings is 1. The van der Waals surface area contributed by atoms with Crippen molar-refractivity contribution in [3.05, 3.63) is 35.1 Å². The zero-order valence-corrected chi connectivity index (χ0v) is 11.6. The molecule has 1 fully saturated rings. The van der Waals surface area contributed by atoms with Crippen LogP contribution in [0, 0.1) is 17.1 Å². The highest BCUT2D eigenvalue weighted by molar-refractivity contribution is 5.32. The standard InChI is InChI=1S/C15H20FN3/c1-18(2)14-5-7-19(8-6-14)11-13-4-3-12(10-17)9-15(13)16/h3-4,9,14H,5-8,11H2,1-2H3. The van der Waals surface area contributed by atoms with E-state index in [1.807, 2.05) is 6.07 Å². The van der Waals surface area contributed by atoms with Crippen molar-refractivity contribution < 1.29 is 4.39 Å². The Morgan fingerprint density at radius 3 is 2.58 bits per heavy atom. The molecule has 1 aromatic carbocycles. The van der Waals surface area contributed by atoms with Gasteiger partial charge in [-0.15, -0.1) is 0 Å². The van der Waals surface area contributed by atoms with Gasteiger partial charge < -0.3 is 4.90 Å². The van der Waals surface area contributed by atoms with Gasteiger partial charge in [-0.25, -0.2) is 4.39 Å². The number of rotatable bonds is 3. The van der Waals surface area contributed by atoms with Gasteiger partial charge in [0.05, 0.1) is 11.6 Å². The topological polar surface area (TPSA) is 30.3 Å². The van der Waals surface area contributed by atoms with Crippen molar-refractivity contribution in [3.8, 4) is 6.07 Å². The maximum Gasteiger partial charge on any atom is 0.129 e. The van der Waals surface area contributed by atoms with Gasteiger partial charge in [-0.1, -0.05) is 6.07 Å². The molecule has 1 heterocycles. The summed E-state index contributed by atoms with van der Waals surface area (Å²) in [5, 5.41) is 8.72. The smallest absolute Gasteiger partial charge is 0.129 e. The second-order valence-electron chi connectivity index (χ2n) is 5.39. The molecular formula is C15H20FN3. The molecule has 3 nitrogen and oxygen atoms in total. The zero-order chi connectivity index (χ0) is 13.8. The Bertz CT molecular complexity index is 471. The van der Waals surface area contributed by atoms with Crippen LogP contribution in [0.25, 0.3) is 0 Å². The molecule has 0 unspecified atom stereocenters. The minimum atomic E-state index is -0.270. The molecule has 0 aliphatic carbocycles. The quantitative estimate of drug-likeness (QED) is 0.836. The Morgan fingerprint density at radius 1 is 1.37 bits per heavy atom. The molecule has 19 heavy (non-hydrogen) atoms. The maximum absolute atomic E-state index is 13.8. The molecule has 0 atom stereocenters. The lowest BCUT2D eigenvalue weighted by Gasteiger charge is -2.35. The van der Waals surface area contributed by atoms with Crippen LogP contribution in [0.5, 0.6) is 0 Å². The second kappa shape index (κ2) is 6.14. The average molecular weight is 261 g/mol. The van der Waals surface area contributed by atoms with Gasteiger partial charge in [0.15, 0.2) is 0 Å². The Kier molecular flexibility index (Phi) is 4.52. The third-order valence-corrected chi connectivity index (χ3v) is 3.86. The van der Waals surface area contributed by atoms with Crippen molar-refractivity contribution in [3.63, 3.8) is 0 Å². The summed E-state index contributed by atoms with van der Waals surface area (Å²) in [4.78, 5) is 4.55. The molecule has 1 aliphatic rings. The molecule has 4 heteroatoms. The van der Waals surface area contributed by atoms with E-state index in [0.29, 0.717) is 23.7 Å². The molecule has 0 amide bonds. The van der Waals surface area contributed by atoms with Crippen LogP contribution in [-0.4, -0.2) is 43.0 Å². The number of hydrogen-bond acceptors (Lipinski definition) is 3. The van der Waals surface area contributed by atoms with Crippen LogP contribution < -0.4 is 0 Å². The van der Waals surface area contributed by atoms with E-state index in [1.54, 1.807) is 12.1 Å². The molecule has 2 rings (SSSR count). The van der Waals surface area contributed by atoms with E-state index in [4.69, 9.17) is 5.26 Å². The van der Waals surface area contributed by atoms with Crippen LogP contribution in [0.15, 0.2) is 18.2 Å². The monoisotopic (exact) mass is 261 g/mol. The number of halogens is 1. The predicted molar refractivity (Wildman–Crippen MR) is 73.1 cm³/mol. The normalized spacial score (nSPS) is 17.6. The SMILES string of the molecule is CN(C)C1CCN(Cc2ccc(C#N)cc2F)CC1. The molecule has 0 aromatic heterocycles. The van der Waals surface area contributed by atoms with Crippen molar-refractivity contribution in [1.29, 1.82) is 5.26 Å². The van der Waals surface area contributed by atoms with Gasteiger partial charge in [0.1, 0.15) is 5.82 Å². The average Bonchev–Trinajstić information content (AvgIpc) is 2.41. The number of nitrogens with zero attached hydrogens (tertiary/aromatic N) is 3. The van der Waals surface area contributed by atoms with E-state index in [2.05, 4.69) is 23.9 Å². The highest BCUT2D eigenvalue weighted by Gasteiger charge is 2.21. The maximum atomic E-state index is 13.8. The second-order valence-corrected chi connectivity index (χ2v) is 5.39. The minimum Gasteiger partial charge on any atom is -0.306 e. The molecule has 0 N–H and O–H groups in total. The Hall–Kier alpha value is -1.44. The molecule has 0 radical (unpaired) electrons. The summed E-state index contributed by atoms with van der Waals surface area (Å²) in [6, 6.07) is 7.33. The molecular weight excluding hydrogens is 241 g/mol. The molecule has 1 aromatic rings. The Morgan fingerprint density at radius 2 is 2.05 bits per heavy atom. The molecule has 102 valence electrons. The van der Waals surface area contributed by atoms with E-state index in [1.165, 1.54) is 6.07 Å². The van der Waals surface area contributed by atoms with Gasteiger partial charge in [0.25, 0.3) is 0 Å². The first kappa shape index (κ1) is 14.0. The largest absolute Gasteiger partial charge is 0.306 e. The van der Waals surface area contributed by atoms with Crippen LogP contribution in [0.1, 0.15) is 24.0 Å². The summed E-state index contributed by atoms with van der Waals surface area (Å²) >= 11 is 0. The van der Waals surface area contributed by atoms with E-state index >= 15 is 0 Å². The van der Waals surface area contributed by atoms with Gasteiger partial charge in [-0.3, -0.25) is 4.90 Å². The number of likely N-dealkylation sites (tertiary alicyclic amines) is 1. The van der Waals surface area contributed by atoms with Crippen LogP contribution in [0.3, 0.4) is 0 Å². The van der Waals surface area contributed by atoms with E-state index in [0.717, 1.165) is 25.9 Å². The first-order valence-corrected chi connectivity index (χ1v) is 6.67. The van der Waals surface area contributed by atoms with Gasteiger partial charge in [0, 0.05) is 18.2 Å². The lowest BCUT2D eigenvalue weighted by atomic mass is 10.0. The first-order valence-electron chi connectivity index (χ1n) is 6.67. The van der Waals surface area contributed by atoms with Gasteiger partial charge in [-0.2, -0.15) is 5.26 Å². The molecule has 0 saturated carbocycles. The summed E-state index contributed by atoms with van der Waals surface area (Å²) in [6.45, 7) is 2.64. The molecule has 1 aliphatic heterocycles. The fourth-order valence-electron chi connectivity index (χ4n) is 2.58. The van der Waals surface area contributed by atoms with Crippen LogP contribution >= 0.6 is 0 Å². The van der Waals surface area contributed by atoms with E-state index in [9.17, 15) is 4.39 Å². The number of nitriles is 1. The molecule has 0 bridgehead atoms. The summed E-state index contributed by atoms with van der Waals surface area (Å²) in [5.41, 5.74) is 1.06. The molecule has 1 saturated heterocycles. The lowest BCUT2D eigenvalue weighted by molar-refractivity contribution is 0.139. The van der Waals surface area contributed by atoms with Crippen molar-refractivity contribution in [2.75, 3.05) is 27.2 Å². The third kappa shape index (κ3) is 3.52. The number of hydrogen-bond donors (Lipinski definition) is 0. The van der Waals surface area contributed by atoms with Crippen molar-refractivity contribution >= 4 is 0 Å².